The van der Waals surface area contributed by atoms with E-state index in [9.17, 15) is 14.9 Å². The fourth-order valence-corrected chi connectivity index (χ4v) is 9.20. The summed E-state index contributed by atoms with van der Waals surface area (Å²) in [6.45, 7) is 8.58. The summed E-state index contributed by atoms with van der Waals surface area (Å²) in [7, 11) is 1.55. The SMILES string of the molecule is COc1ccc(C(OC=CC[C@@]23CO[C@@H]([C@H](n4ccc(=O)[nH]c4=O)O2)[C@@H]3OP(OCCC#N)N(C(C)C)C(C)C)(c2ccccc2)c2ccc(OC)cc2)cc1. The summed E-state index contributed by atoms with van der Waals surface area (Å²) in [5.74, 6) is 1.42. The van der Waals surface area contributed by atoms with Gasteiger partial charge < -0.3 is 32.7 Å². The van der Waals surface area contributed by atoms with Crippen LogP contribution in [-0.2, 0) is 28.9 Å². The Bertz CT molecular complexity index is 2030. The lowest BCUT2D eigenvalue weighted by Crippen LogP contribution is -2.43. The molecule has 2 bridgehead atoms. The molecular formula is C42H49N4O9P. The first-order valence-corrected chi connectivity index (χ1v) is 19.7. The molecule has 13 nitrogen and oxygen atoms in total. The maximum absolute atomic E-state index is 13.1. The molecule has 1 aromatic heterocycles. The lowest BCUT2D eigenvalue weighted by Gasteiger charge is -2.38. The molecule has 1 unspecified atom stereocenters. The Morgan fingerprint density at radius 3 is 2.11 bits per heavy atom. The number of rotatable bonds is 18. The van der Waals surface area contributed by atoms with Crippen molar-refractivity contribution in [2.24, 2.45) is 0 Å². The van der Waals surface area contributed by atoms with Crippen LogP contribution in [-0.4, -0.2) is 71.5 Å². The number of methoxy groups -OCH3 is 2. The molecule has 0 aliphatic carbocycles. The summed E-state index contributed by atoms with van der Waals surface area (Å²) in [5, 5.41) is 9.30. The number of aromatic amines is 1. The Balaban J connectivity index is 1.39. The van der Waals surface area contributed by atoms with Crippen molar-refractivity contribution in [3.63, 3.8) is 0 Å². The number of hydrogen-bond donors (Lipinski definition) is 1. The fraction of sp³-hybridized carbons (Fsp3) is 0.405. The predicted molar refractivity (Wildman–Crippen MR) is 211 cm³/mol. The number of nitrogens with one attached hydrogen (secondary N) is 1. The minimum absolute atomic E-state index is 0.0490. The van der Waals surface area contributed by atoms with E-state index in [0.29, 0.717) is 11.5 Å². The van der Waals surface area contributed by atoms with Gasteiger partial charge in [-0.25, -0.2) is 9.46 Å². The molecule has 1 N–H and O–H groups in total. The number of benzene rings is 3. The third-order valence-electron chi connectivity index (χ3n) is 9.94. The molecule has 0 radical (unpaired) electrons. The molecule has 2 aliphatic rings. The summed E-state index contributed by atoms with van der Waals surface area (Å²) in [6.07, 6.45) is 3.08. The van der Waals surface area contributed by atoms with Crippen LogP contribution in [0.2, 0.25) is 0 Å². The Labute approximate surface area is 328 Å². The van der Waals surface area contributed by atoms with Gasteiger partial charge in [-0.15, -0.1) is 0 Å². The lowest BCUT2D eigenvalue weighted by atomic mass is 9.80. The molecule has 6 rings (SSSR count). The van der Waals surface area contributed by atoms with E-state index in [0.717, 1.165) is 16.7 Å². The molecule has 5 atom stereocenters. The van der Waals surface area contributed by atoms with Crippen LogP contribution in [0.4, 0.5) is 0 Å². The second-order valence-corrected chi connectivity index (χ2v) is 15.5. The normalized spacial score (nSPS) is 21.2. The molecule has 2 aliphatic heterocycles. The first-order valence-electron chi connectivity index (χ1n) is 18.6. The Morgan fingerprint density at radius 1 is 0.946 bits per heavy atom. The Kier molecular flexibility index (Phi) is 13.1. The van der Waals surface area contributed by atoms with Gasteiger partial charge in [-0.05, 0) is 58.0 Å². The standard InChI is InChI=1S/C42H49N4O9P/c1-29(2)46(30(3)4)56(53-27-11-24-43)55-38-37-39(45-25-22-36(47)44-40(45)48)54-41(38,28-51-37)23-10-26-52-42(31-12-8-7-9-13-31,32-14-18-34(49-5)19-15-32)33-16-20-35(50-6)21-17-33/h7-10,12-22,25-26,29-30,37-39H,11,23,27-28H2,1-6H3,(H,44,47,48)/t37-,38+,39-,41+,56?/m1/s1. The van der Waals surface area contributed by atoms with E-state index in [2.05, 4.69) is 43.4 Å². The van der Waals surface area contributed by atoms with Crippen molar-refractivity contribution in [1.29, 1.82) is 5.26 Å². The highest BCUT2D eigenvalue weighted by atomic mass is 31.2. The second-order valence-electron chi connectivity index (χ2n) is 14.1. The molecule has 4 aromatic rings. The van der Waals surface area contributed by atoms with Crippen molar-refractivity contribution in [2.45, 2.75) is 82.3 Å². The van der Waals surface area contributed by atoms with Crippen LogP contribution < -0.4 is 20.7 Å². The second kappa shape index (κ2) is 18.0. The first kappa shape index (κ1) is 40.9. The van der Waals surface area contributed by atoms with E-state index in [1.807, 2.05) is 84.9 Å². The van der Waals surface area contributed by atoms with E-state index in [-0.39, 0.29) is 38.1 Å². The number of nitriles is 1. The molecule has 2 saturated heterocycles. The molecule has 296 valence electrons. The molecule has 3 aromatic carbocycles. The maximum atomic E-state index is 13.1. The smallest absolute Gasteiger partial charge is 0.330 e. The van der Waals surface area contributed by atoms with Gasteiger partial charge in [0.05, 0.1) is 46.2 Å². The van der Waals surface area contributed by atoms with Crippen molar-refractivity contribution in [2.75, 3.05) is 27.4 Å². The summed E-state index contributed by atoms with van der Waals surface area (Å²) >= 11 is 0. The zero-order valence-electron chi connectivity index (χ0n) is 32.5. The van der Waals surface area contributed by atoms with Crippen molar-refractivity contribution >= 4 is 8.53 Å². The third-order valence-corrected chi connectivity index (χ3v) is 12.1. The summed E-state index contributed by atoms with van der Waals surface area (Å²) < 4.78 is 47.8. The monoisotopic (exact) mass is 784 g/mol. The zero-order chi connectivity index (χ0) is 39.9. The third kappa shape index (κ3) is 8.32. The molecule has 56 heavy (non-hydrogen) atoms. The first-order chi connectivity index (χ1) is 27.1. The van der Waals surface area contributed by atoms with E-state index in [1.54, 1.807) is 20.5 Å². The van der Waals surface area contributed by atoms with Gasteiger partial charge in [0.2, 0.25) is 0 Å². The van der Waals surface area contributed by atoms with Crippen LogP contribution in [0, 0.1) is 11.3 Å². The van der Waals surface area contributed by atoms with Gasteiger partial charge in [0.1, 0.15) is 29.3 Å². The van der Waals surface area contributed by atoms with Gasteiger partial charge in [0.25, 0.3) is 14.1 Å². The van der Waals surface area contributed by atoms with Crippen LogP contribution in [0.25, 0.3) is 0 Å². The van der Waals surface area contributed by atoms with Gasteiger partial charge >= 0.3 is 5.69 Å². The van der Waals surface area contributed by atoms with E-state index in [1.165, 1.54) is 16.8 Å². The Morgan fingerprint density at radius 2 is 1.55 bits per heavy atom. The van der Waals surface area contributed by atoms with Gasteiger partial charge in [-0.1, -0.05) is 54.6 Å². The Hall–Kier alpha value is -4.80. The molecule has 0 saturated carbocycles. The molecular weight excluding hydrogens is 735 g/mol. The fourth-order valence-electron chi connectivity index (χ4n) is 7.39. The highest BCUT2D eigenvalue weighted by Gasteiger charge is 2.63. The maximum Gasteiger partial charge on any atom is 0.330 e. The zero-order valence-corrected chi connectivity index (χ0v) is 33.4. The van der Waals surface area contributed by atoms with Crippen molar-refractivity contribution in [3.8, 4) is 17.6 Å². The minimum Gasteiger partial charge on any atom is -0.497 e. The molecule has 3 heterocycles. The molecule has 0 spiro atoms. The van der Waals surface area contributed by atoms with Crippen molar-refractivity contribution < 1.29 is 32.7 Å². The van der Waals surface area contributed by atoms with E-state index < -0.39 is 49.4 Å². The summed E-state index contributed by atoms with van der Waals surface area (Å²) in [4.78, 5) is 27.4. The van der Waals surface area contributed by atoms with Crippen LogP contribution in [0.3, 0.4) is 0 Å². The van der Waals surface area contributed by atoms with Crippen LogP contribution in [0.5, 0.6) is 11.5 Å². The minimum atomic E-state index is -1.71. The van der Waals surface area contributed by atoms with Crippen LogP contribution >= 0.6 is 8.53 Å². The van der Waals surface area contributed by atoms with Crippen molar-refractivity contribution in [1.82, 2.24) is 14.2 Å². The van der Waals surface area contributed by atoms with Crippen LogP contribution in [0.15, 0.2) is 113 Å². The quantitative estimate of drug-likeness (QED) is 0.0492. The van der Waals surface area contributed by atoms with Gasteiger partial charge in [0, 0.05) is 47.5 Å². The van der Waals surface area contributed by atoms with E-state index >= 15 is 0 Å². The number of H-pyrrole nitrogens is 1. The van der Waals surface area contributed by atoms with Crippen molar-refractivity contribution in [3.05, 3.63) is 141 Å². The summed E-state index contributed by atoms with van der Waals surface area (Å²) in [6, 6.07) is 29.0. The highest BCUT2D eigenvalue weighted by Crippen LogP contribution is 2.56. The van der Waals surface area contributed by atoms with Gasteiger partial charge in [0.15, 0.2) is 11.8 Å². The summed E-state index contributed by atoms with van der Waals surface area (Å²) in [5.41, 5.74) is -0.719. The predicted octanol–water partition coefficient (Wildman–Crippen LogP) is 6.79. The van der Waals surface area contributed by atoms with Gasteiger partial charge in [-0.2, -0.15) is 5.26 Å². The highest BCUT2D eigenvalue weighted by molar-refractivity contribution is 7.44. The van der Waals surface area contributed by atoms with E-state index in [4.69, 9.17) is 32.7 Å². The lowest BCUT2D eigenvalue weighted by molar-refractivity contribution is -0.173. The van der Waals surface area contributed by atoms with Gasteiger partial charge in [-0.3, -0.25) is 14.3 Å². The van der Waals surface area contributed by atoms with Crippen LogP contribution in [0.1, 0.15) is 63.5 Å². The topological polar surface area (TPSA) is 147 Å². The number of hydrogen-bond acceptors (Lipinski definition) is 11. The number of ether oxygens (including phenoxy) is 5. The molecule has 0 amide bonds. The average molecular weight is 785 g/mol. The molecule has 14 heteroatoms. The molecule has 2 fully saturated rings. The largest absolute Gasteiger partial charge is 0.497 e. The number of fused-ring (bicyclic) bond motifs is 2. The average Bonchev–Trinajstić information content (AvgIpc) is 3.69. The number of aromatic nitrogens is 2. The number of nitrogens with zero attached hydrogens (tertiary/aromatic N) is 3.